The Kier molecular flexibility index (Phi) is 3.69. The second-order valence-electron chi connectivity index (χ2n) is 4.61. The molecule has 20 heavy (non-hydrogen) atoms. The number of thioether (sulfide) groups is 1. The predicted octanol–water partition coefficient (Wildman–Crippen LogP) is 2.86. The number of aromatic nitrogens is 1. The zero-order chi connectivity index (χ0) is 13.9. The van der Waals surface area contributed by atoms with Crippen LogP contribution >= 0.6 is 11.8 Å². The molecule has 0 N–H and O–H groups in total. The van der Waals surface area contributed by atoms with Gasteiger partial charge in [-0.05, 0) is 23.3 Å². The molecule has 0 spiro atoms. The molecule has 5 heteroatoms. The Morgan fingerprint density at radius 1 is 1.15 bits per heavy atom. The second-order valence-corrected chi connectivity index (χ2v) is 5.60. The van der Waals surface area contributed by atoms with E-state index in [1.54, 1.807) is 12.1 Å². The standard InChI is InChI=1S/C15H13FN2OS/c16-13-6-3-7-14(17-13)20-10-15(19)18-8-11-4-1-2-5-12(11)9-18/h1-7H,8-10H2. The molecule has 3 rings (SSSR count). The third-order valence-corrected chi connectivity index (χ3v) is 4.14. The Hall–Kier alpha value is -1.88. The average Bonchev–Trinajstić information content (AvgIpc) is 2.89. The molecule has 1 aromatic carbocycles. The van der Waals surface area contributed by atoms with E-state index >= 15 is 0 Å². The minimum atomic E-state index is -0.518. The Morgan fingerprint density at radius 3 is 2.50 bits per heavy atom. The fourth-order valence-corrected chi connectivity index (χ4v) is 2.99. The van der Waals surface area contributed by atoms with Crippen LogP contribution in [-0.4, -0.2) is 21.5 Å². The molecule has 1 aromatic heterocycles. The summed E-state index contributed by atoms with van der Waals surface area (Å²) in [7, 11) is 0. The first-order valence-corrected chi connectivity index (χ1v) is 7.31. The van der Waals surface area contributed by atoms with Gasteiger partial charge in [0.1, 0.15) is 0 Å². The summed E-state index contributed by atoms with van der Waals surface area (Å²) in [4.78, 5) is 17.7. The van der Waals surface area contributed by atoms with Gasteiger partial charge in [0.05, 0.1) is 10.8 Å². The summed E-state index contributed by atoms with van der Waals surface area (Å²) in [6.07, 6.45) is 0. The lowest BCUT2D eigenvalue weighted by Crippen LogP contribution is -2.26. The van der Waals surface area contributed by atoms with Gasteiger partial charge in [0.2, 0.25) is 11.9 Å². The number of rotatable bonds is 3. The molecule has 0 fully saturated rings. The van der Waals surface area contributed by atoms with Crippen molar-refractivity contribution in [3.8, 4) is 0 Å². The Labute approximate surface area is 120 Å². The zero-order valence-electron chi connectivity index (χ0n) is 10.8. The maximum Gasteiger partial charge on any atom is 0.233 e. The summed E-state index contributed by atoms with van der Waals surface area (Å²) in [5.74, 6) is -0.182. The molecule has 3 nitrogen and oxygen atoms in total. The molecule has 0 atom stereocenters. The van der Waals surface area contributed by atoms with Crippen LogP contribution in [0.1, 0.15) is 11.1 Å². The number of amides is 1. The van der Waals surface area contributed by atoms with E-state index in [0.29, 0.717) is 18.1 Å². The van der Waals surface area contributed by atoms with Gasteiger partial charge in [0.15, 0.2) is 0 Å². The highest BCUT2D eigenvalue weighted by Gasteiger charge is 2.22. The van der Waals surface area contributed by atoms with Crippen LogP contribution in [0.5, 0.6) is 0 Å². The van der Waals surface area contributed by atoms with Crippen molar-refractivity contribution in [2.45, 2.75) is 18.1 Å². The zero-order valence-corrected chi connectivity index (χ0v) is 11.6. The summed E-state index contributed by atoms with van der Waals surface area (Å²) in [6, 6.07) is 12.7. The summed E-state index contributed by atoms with van der Waals surface area (Å²) >= 11 is 1.27. The van der Waals surface area contributed by atoms with Crippen molar-refractivity contribution in [2.75, 3.05) is 5.75 Å². The highest BCUT2D eigenvalue weighted by molar-refractivity contribution is 7.99. The lowest BCUT2D eigenvalue weighted by atomic mass is 10.1. The first-order valence-electron chi connectivity index (χ1n) is 6.32. The molecule has 102 valence electrons. The van der Waals surface area contributed by atoms with Crippen LogP contribution in [0.3, 0.4) is 0 Å². The minimum Gasteiger partial charge on any atom is -0.333 e. The van der Waals surface area contributed by atoms with E-state index in [9.17, 15) is 9.18 Å². The maximum atomic E-state index is 13.0. The molecule has 2 aromatic rings. The van der Waals surface area contributed by atoms with Gasteiger partial charge in [0.25, 0.3) is 0 Å². The smallest absolute Gasteiger partial charge is 0.233 e. The van der Waals surface area contributed by atoms with Crippen LogP contribution in [-0.2, 0) is 17.9 Å². The molecule has 0 saturated carbocycles. The van der Waals surface area contributed by atoms with Gasteiger partial charge in [-0.25, -0.2) is 4.98 Å². The lowest BCUT2D eigenvalue weighted by Gasteiger charge is -2.14. The van der Waals surface area contributed by atoms with E-state index in [1.807, 2.05) is 29.2 Å². The lowest BCUT2D eigenvalue weighted by molar-refractivity contribution is -0.128. The predicted molar refractivity (Wildman–Crippen MR) is 75.6 cm³/mol. The molecule has 2 heterocycles. The molecule has 1 aliphatic rings. The third-order valence-electron chi connectivity index (χ3n) is 3.23. The van der Waals surface area contributed by atoms with Crippen LogP contribution in [0.4, 0.5) is 4.39 Å². The monoisotopic (exact) mass is 288 g/mol. The molecular formula is C15H13FN2OS. The number of nitrogens with zero attached hydrogens (tertiary/aromatic N) is 2. The number of hydrogen-bond acceptors (Lipinski definition) is 3. The van der Waals surface area contributed by atoms with Crippen LogP contribution < -0.4 is 0 Å². The molecule has 0 unspecified atom stereocenters. The van der Waals surface area contributed by atoms with Crippen LogP contribution in [0.25, 0.3) is 0 Å². The number of carbonyl (C=O) groups is 1. The largest absolute Gasteiger partial charge is 0.333 e. The summed E-state index contributed by atoms with van der Waals surface area (Å²) in [5, 5.41) is 0.537. The van der Waals surface area contributed by atoms with Gasteiger partial charge in [-0.15, -0.1) is 0 Å². The average molecular weight is 288 g/mol. The SMILES string of the molecule is O=C(CSc1cccc(F)n1)N1Cc2ccccc2C1. The maximum absolute atomic E-state index is 13.0. The number of hydrogen-bond donors (Lipinski definition) is 0. The first-order chi connectivity index (χ1) is 9.72. The van der Waals surface area contributed by atoms with E-state index in [0.717, 1.165) is 0 Å². The third kappa shape index (κ3) is 2.82. The summed E-state index contributed by atoms with van der Waals surface area (Å²) < 4.78 is 13.0. The quantitative estimate of drug-likeness (QED) is 0.643. The van der Waals surface area contributed by atoms with E-state index in [4.69, 9.17) is 0 Å². The molecule has 0 aliphatic carbocycles. The van der Waals surface area contributed by atoms with Gasteiger partial charge in [-0.1, -0.05) is 42.1 Å². The van der Waals surface area contributed by atoms with Crippen LogP contribution in [0, 0.1) is 5.95 Å². The van der Waals surface area contributed by atoms with Crippen molar-refractivity contribution in [3.05, 3.63) is 59.5 Å². The normalized spacial score (nSPS) is 13.3. The molecule has 0 radical (unpaired) electrons. The minimum absolute atomic E-state index is 0.0530. The van der Waals surface area contributed by atoms with Crippen molar-refractivity contribution in [2.24, 2.45) is 0 Å². The highest BCUT2D eigenvalue weighted by atomic mass is 32.2. The fourth-order valence-electron chi connectivity index (χ4n) is 2.21. The van der Waals surface area contributed by atoms with E-state index < -0.39 is 5.95 Å². The number of benzene rings is 1. The number of halogens is 1. The van der Waals surface area contributed by atoms with Gasteiger partial charge in [-0.2, -0.15) is 4.39 Å². The van der Waals surface area contributed by atoms with Crippen molar-refractivity contribution < 1.29 is 9.18 Å². The van der Waals surface area contributed by atoms with Gasteiger partial charge in [0, 0.05) is 13.1 Å². The molecule has 1 amide bonds. The molecule has 0 bridgehead atoms. The van der Waals surface area contributed by atoms with E-state index in [2.05, 4.69) is 4.98 Å². The Balaban J connectivity index is 1.59. The molecule has 0 saturated heterocycles. The van der Waals surface area contributed by atoms with Gasteiger partial charge < -0.3 is 4.90 Å². The highest BCUT2D eigenvalue weighted by Crippen LogP contribution is 2.24. The van der Waals surface area contributed by atoms with Crippen molar-refractivity contribution in [1.29, 1.82) is 0 Å². The molecule has 1 aliphatic heterocycles. The Bertz CT molecular complexity index is 622. The molecular weight excluding hydrogens is 275 g/mol. The van der Waals surface area contributed by atoms with Crippen molar-refractivity contribution in [1.82, 2.24) is 9.88 Å². The summed E-state index contributed by atoms with van der Waals surface area (Å²) in [5.41, 5.74) is 2.41. The van der Waals surface area contributed by atoms with E-state index in [1.165, 1.54) is 29.0 Å². The van der Waals surface area contributed by atoms with Crippen molar-refractivity contribution >= 4 is 17.7 Å². The topological polar surface area (TPSA) is 33.2 Å². The van der Waals surface area contributed by atoms with Crippen LogP contribution in [0.15, 0.2) is 47.5 Å². The Morgan fingerprint density at radius 2 is 1.85 bits per heavy atom. The number of fused-ring (bicyclic) bond motifs is 1. The van der Waals surface area contributed by atoms with Gasteiger partial charge >= 0.3 is 0 Å². The van der Waals surface area contributed by atoms with Gasteiger partial charge in [-0.3, -0.25) is 4.79 Å². The fraction of sp³-hybridized carbons (Fsp3) is 0.200. The van der Waals surface area contributed by atoms with E-state index in [-0.39, 0.29) is 11.7 Å². The first kappa shape index (κ1) is 13.1. The van der Waals surface area contributed by atoms with Crippen molar-refractivity contribution in [3.63, 3.8) is 0 Å². The second kappa shape index (κ2) is 5.63. The number of pyridine rings is 1. The van der Waals surface area contributed by atoms with Crippen LogP contribution in [0.2, 0.25) is 0 Å². The number of carbonyl (C=O) groups excluding carboxylic acids is 1. The summed E-state index contributed by atoms with van der Waals surface area (Å²) in [6.45, 7) is 1.32.